The molecule has 0 amide bonds. The summed E-state index contributed by atoms with van der Waals surface area (Å²) in [6.07, 6.45) is 12.8. The fraction of sp³-hybridized carbons (Fsp3) is 0.562. The molecule has 0 saturated heterocycles. The molecule has 1 aromatic rings. The molecule has 2 N–H and O–H groups in total. The van der Waals surface area contributed by atoms with E-state index in [-0.39, 0.29) is 0 Å². The minimum Gasteiger partial charge on any atom is -0.264 e. The van der Waals surface area contributed by atoms with Crippen LogP contribution in [0.4, 0.5) is 0 Å². The molecule has 1 rings (SSSR count). The smallest absolute Gasteiger partial charge is 0.264 e. The van der Waals surface area contributed by atoms with Gasteiger partial charge in [-0.3, -0.25) is 14.1 Å². The summed E-state index contributed by atoms with van der Waals surface area (Å²) in [7, 11) is -4.67. The number of pyridine rings is 1. The van der Waals surface area contributed by atoms with E-state index in [1.165, 1.54) is 44.2 Å². The van der Waals surface area contributed by atoms with E-state index < -0.39 is 10.4 Å². The van der Waals surface area contributed by atoms with Gasteiger partial charge in [0.1, 0.15) is 0 Å². The predicted molar refractivity (Wildman–Crippen MR) is 89.3 cm³/mol. The predicted octanol–water partition coefficient (Wildman–Crippen LogP) is 4.45. The molecule has 0 bridgehead atoms. The minimum atomic E-state index is -4.67. The van der Waals surface area contributed by atoms with Gasteiger partial charge in [0.15, 0.2) is 0 Å². The molecule has 6 heteroatoms. The van der Waals surface area contributed by atoms with Gasteiger partial charge in [0.05, 0.1) is 0 Å². The van der Waals surface area contributed by atoms with Crippen LogP contribution in [0.15, 0.2) is 37.1 Å². The van der Waals surface area contributed by atoms with Crippen molar-refractivity contribution in [1.29, 1.82) is 0 Å². The van der Waals surface area contributed by atoms with E-state index in [4.69, 9.17) is 17.5 Å². The highest BCUT2D eigenvalue weighted by Gasteiger charge is 2.11. The van der Waals surface area contributed by atoms with E-state index in [0.717, 1.165) is 6.42 Å². The SMILES string of the molecule is C=CCCCCC(CCCC)c1ccccn1.O=S(=O)(O)O. The van der Waals surface area contributed by atoms with Crippen LogP contribution in [0.5, 0.6) is 0 Å². The van der Waals surface area contributed by atoms with Crippen molar-refractivity contribution in [1.82, 2.24) is 4.98 Å². The molecular weight excluding hydrogens is 302 g/mol. The van der Waals surface area contributed by atoms with Gasteiger partial charge in [-0.1, -0.05) is 38.3 Å². The van der Waals surface area contributed by atoms with Gasteiger partial charge >= 0.3 is 10.4 Å². The standard InChI is InChI=1S/C16H25N.H2O4S/c1-3-5-7-8-12-15(11-6-4-2)16-13-9-10-14-17-16;1-5(2,3)4/h3,9-10,13-15H,1,4-8,11-12H2,2H3;(H2,1,2,3,4). The van der Waals surface area contributed by atoms with Gasteiger partial charge in [0.2, 0.25) is 0 Å². The summed E-state index contributed by atoms with van der Waals surface area (Å²) in [4.78, 5) is 4.51. The van der Waals surface area contributed by atoms with Gasteiger partial charge in [-0.2, -0.15) is 8.42 Å². The van der Waals surface area contributed by atoms with Crippen molar-refractivity contribution in [2.24, 2.45) is 0 Å². The van der Waals surface area contributed by atoms with Gasteiger partial charge in [-0.25, -0.2) is 0 Å². The van der Waals surface area contributed by atoms with Gasteiger partial charge in [-0.05, 0) is 37.8 Å². The van der Waals surface area contributed by atoms with Crippen LogP contribution in [-0.4, -0.2) is 22.5 Å². The Kier molecular flexibility index (Phi) is 11.6. The number of aromatic nitrogens is 1. The number of rotatable bonds is 9. The summed E-state index contributed by atoms with van der Waals surface area (Å²) in [5.41, 5.74) is 1.28. The highest BCUT2D eigenvalue weighted by Crippen LogP contribution is 2.26. The van der Waals surface area contributed by atoms with E-state index >= 15 is 0 Å². The molecule has 0 fully saturated rings. The molecule has 126 valence electrons. The Morgan fingerprint density at radius 3 is 2.36 bits per heavy atom. The van der Waals surface area contributed by atoms with Gasteiger partial charge in [0, 0.05) is 17.8 Å². The summed E-state index contributed by atoms with van der Waals surface area (Å²) in [6, 6.07) is 6.27. The molecule has 22 heavy (non-hydrogen) atoms. The molecule has 0 radical (unpaired) electrons. The maximum Gasteiger partial charge on any atom is 0.394 e. The normalized spacial score (nSPS) is 12.1. The van der Waals surface area contributed by atoms with Crippen molar-refractivity contribution in [2.75, 3.05) is 0 Å². The van der Waals surface area contributed by atoms with E-state index in [1.807, 2.05) is 18.3 Å². The number of nitrogens with zero attached hydrogens (tertiary/aromatic N) is 1. The van der Waals surface area contributed by atoms with E-state index in [9.17, 15) is 0 Å². The quantitative estimate of drug-likeness (QED) is 0.397. The second-order valence-corrected chi connectivity index (χ2v) is 6.01. The van der Waals surface area contributed by atoms with Crippen molar-refractivity contribution in [2.45, 2.75) is 57.8 Å². The Balaban J connectivity index is 0.000000763. The lowest BCUT2D eigenvalue weighted by atomic mass is 9.92. The highest BCUT2D eigenvalue weighted by molar-refractivity contribution is 7.79. The Bertz CT molecular complexity index is 480. The lowest BCUT2D eigenvalue weighted by Gasteiger charge is -2.15. The van der Waals surface area contributed by atoms with Crippen molar-refractivity contribution in [3.05, 3.63) is 42.7 Å². The maximum atomic E-state index is 8.74. The van der Waals surface area contributed by atoms with E-state index in [1.54, 1.807) is 0 Å². The van der Waals surface area contributed by atoms with Crippen molar-refractivity contribution in [3.63, 3.8) is 0 Å². The van der Waals surface area contributed by atoms with Crippen LogP contribution < -0.4 is 0 Å². The number of hydrogen-bond donors (Lipinski definition) is 2. The largest absolute Gasteiger partial charge is 0.394 e. The van der Waals surface area contributed by atoms with Crippen LogP contribution >= 0.6 is 0 Å². The summed E-state index contributed by atoms with van der Waals surface area (Å²) in [5.74, 6) is 0.654. The molecule has 5 nitrogen and oxygen atoms in total. The number of unbranched alkanes of at least 4 members (excludes halogenated alkanes) is 3. The first kappa shape index (κ1) is 20.8. The first-order valence-electron chi connectivity index (χ1n) is 7.60. The molecule has 0 spiro atoms. The van der Waals surface area contributed by atoms with Crippen LogP contribution in [0.2, 0.25) is 0 Å². The van der Waals surface area contributed by atoms with Crippen LogP contribution in [0.1, 0.15) is 63.5 Å². The zero-order valence-electron chi connectivity index (χ0n) is 13.2. The molecule has 0 aliphatic heterocycles. The Morgan fingerprint density at radius 2 is 1.86 bits per heavy atom. The number of hydrogen-bond acceptors (Lipinski definition) is 3. The molecule has 0 aromatic carbocycles. The number of allylic oxidation sites excluding steroid dienone is 1. The Morgan fingerprint density at radius 1 is 1.23 bits per heavy atom. The molecule has 0 aliphatic rings. The third-order valence-corrected chi connectivity index (χ3v) is 3.22. The van der Waals surface area contributed by atoms with E-state index in [2.05, 4.69) is 30.6 Å². The Hall–Kier alpha value is -1.24. The molecule has 0 aliphatic carbocycles. The van der Waals surface area contributed by atoms with Crippen LogP contribution in [0.25, 0.3) is 0 Å². The molecule has 1 heterocycles. The highest BCUT2D eigenvalue weighted by atomic mass is 32.3. The fourth-order valence-electron chi connectivity index (χ4n) is 2.19. The Labute approximate surface area is 134 Å². The summed E-state index contributed by atoms with van der Waals surface area (Å²) >= 11 is 0. The summed E-state index contributed by atoms with van der Waals surface area (Å²) in [5, 5.41) is 0. The zero-order valence-corrected chi connectivity index (χ0v) is 14.0. The lowest BCUT2D eigenvalue weighted by Crippen LogP contribution is -2.01. The summed E-state index contributed by atoms with van der Waals surface area (Å²) < 4.78 is 31.6. The third-order valence-electron chi connectivity index (χ3n) is 3.22. The first-order chi connectivity index (χ1) is 10.4. The van der Waals surface area contributed by atoms with E-state index in [0.29, 0.717) is 5.92 Å². The van der Waals surface area contributed by atoms with Gasteiger partial charge in [0.25, 0.3) is 0 Å². The van der Waals surface area contributed by atoms with Crippen molar-refractivity contribution in [3.8, 4) is 0 Å². The topological polar surface area (TPSA) is 87.5 Å². The first-order valence-corrected chi connectivity index (χ1v) is 8.99. The average molecular weight is 329 g/mol. The van der Waals surface area contributed by atoms with Gasteiger partial charge in [-0.15, -0.1) is 6.58 Å². The molecule has 1 unspecified atom stereocenters. The zero-order chi connectivity index (χ0) is 16.8. The second kappa shape index (κ2) is 12.3. The van der Waals surface area contributed by atoms with Crippen molar-refractivity contribution >= 4 is 10.4 Å². The minimum absolute atomic E-state index is 0.654. The van der Waals surface area contributed by atoms with Crippen LogP contribution in [0, 0.1) is 0 Å². The van der Waals surface area contributed by atoms with Gasteiger partial charge < -0.3 is 0 Å². The van der Waals surface area contributed by atoms with Crippen LogP contribution in [-0.2, 0) is 10.4 Å². The van der Waals surface area contributed by atoms with Crippen LogP contribution in [0.3, 0.4) is 0 Å². The molecule has 1 aromatic heterocycles. The van der Waals surface area contributed by atoms with Crippen molar-refractivity contribution < 1.29 is 17.5 Å². The average Bonchev–Trinajstić information content (AvgIpc) is 2.46. The molecule has 1 atom stereocenters. The maximum absolute atomic E-state index is 8.74. The monoisotopic (exact) mass is 329 g/mol. The summed E-state index contributed by atoms with van der Waals surface area (Å²) in [6.45, 7) is 6.03. The third kappa shape index (κ3) is 13.7. The fourth-order valence-corrected chi connectivity index (χ4v) is 2.19. The molecular formula is C16H27NO4S. The lowest BCUT2D eigenvalue weighted by molar-refractivity contribution is 0.381. The molecule has 0 saturated carbocycles. The second-order valence-electron chi connectivity index (χ2n) is 5.11.